The molecule has 0 bridgehead atoms. The number of halogens is 1. The standard InChI is InChI=1S/C22H22FNO/c23-22-13-11-20(12-14-22)17-24(16-15-19-7-3-1-4-8-19)25-18-21-9-5-2-6-10-21/h1-14H,15-18H2. The summed E-state index contributed by atoms with van der Waals surface area (Å²) in [6, 6.07) is 27.0. The third-order valence-corrected chi connectivity index (χ3v) is 4.02. The average Bonchev–Trinajstić information content (AvgIpc) is 2.67. The van der Waals surface area contributed by atoms with E-state index in [0.717, 1.165) is 24.1 Å². The number of hydrogen-bond acceptors (Lipinski definition) is 2. The Morgan fingerprint density at radius 3 is 1.92 bits per heavy atom. The highest BCUT2D eigenvalue weighted by atomic mass is 19.1. The van der Waals surface area contributed by atoms with E-state index in [9.17, 15) is 4.39 Å². The van der Waals surface area contributed by atoms with Crippen molar-refractivity contribution in [2.75, 3.05) is 6.54 Å². The summed E-state index contributed by atoms with van der Waals surface area (Å²) in [5.41, 5.74) is 3.43. The molecule has 0 fully saturated rings. The molecule has 0 unspecified atom stereocenters. The summed E-state index contributed by atoms with van der Waals surface area (Å²) in [7, 11) is 0. The molecule has 0 aliphatic rings. The highest BCUT2D eigenvalue weighted by molar-refractivity contribution is 5.17. The molecule has 0 heterocycles. The molecule has 0 N–H and O–H groups in total. The van der Waals surface area contributed by atoms with Crippen molar-refractivity contribution in [2.45, 2.75) is 19.6 Å². The van der Waals surface area contributed by atoms with Crippen molar-refractivity contribution in [3.63, 3.8) is 0 Å². The summed E-state index contributed by atoms with van der Waals surface area (Å²) in [5, 5.41) is 1.95. The van der Waals surface area contributed by atoms with Gasteiger partial charge in [0.1, 0.15) is 5.82 Å². The van der Waals surface area contributed by atoms with Gasteiger partial charge in [-0.15, -0.1) is 0 Å². The number of rotatable bonds is 8. The fourth-order valence-electron chi connectivity index (χ4n) is 2.62. The van der Waals surface area contributed by atoms with Crippen LogP contribution in [0.15, 0.2) is 84.9 Å². The largest absolute Gasteiger partial charge is 0.294 e. The first kappa shape index (κ1) is 17.3. The van der Waals surface area contributed by atoms with Crippen LogP contribution in [-0.2, 0) is 24.4 Å². The highest BCUT2D eigenvalue weighted by Crippen LogP contribution is 2.11. The molecule has 0 radical (unpaired) electrons. The zero-order valence-corrected chi connectivity index (χ0v) is 14.1. The summed E-state index contributed by atoms with van der Waals surface area (Å²) in [4.78, 5) is 6.02. The number of hydrogen-bond donors (Lipinski definition) is 0. The van der Waals surface area contributed by atoms with Gasteiger partial charge in [0.25, 0.3) is 0 Å². The lowest BCUT2D eigenvalue weighted by atomic mass is 10.1. The molecule has 3 aromatic rings. The normalized spacial score (nSPS) is 11.0. The van der Waals surface area contributed by atoms with Crippen LogP contribution < -0.4 is 0 Å². The van der Waals surface area contributed by atoms with Crippen LogP contribution in [0, 0.1) is 5.82 Å². The minimum Gasteiger partial charge on any atom is -0.294 e. The molecule has 128 valence electrons. The highest BCUT2D eigenvalue weighted by Gasteiger charge is 2.08. The van der Waals surface area contributed by atoms with Gasteiger partial charge < -0.3 is 0 Å². The van der Waals surface area contributed by atoms with E-state index < -0.39 is 0 Å². The molecule has 3 rings (SSSR count). The van der Waals surface area contributed by atoms with Crippen molar-refractivity contribution in [3.05, 3.63) is 107 Å². The third-order valence-electron chi connectivity index (χ3n) is 4.02. The maximum atomic E-state index is 13.1. The average molecular weight is 335 g/mol. The van der Waals surface area contributed by atoms with Crippen LogP contribution in [0.4, 0.5) is 4.39 Å². The SMILES string of the molecule is Fc1ccc(CN(CCc2ccccc2)OCc2ccccc2)cc1. The number of benzene rings is 3. The van der Waals surface area contributed by atoms with Crippen LogP contribution in [-0.4, -0.2) is 11.6 Å². The Bertz CT molecular complexity index is 701. The maximum Gasteiger partial charge on any atom is 0.123 e. The lowest BCUT2D eigenvalue weighted by molar-refractivity contribution is -0.176. The molecule has 0 saturated carbocycles. The van der Waals surface area contributed by atoms with Crippen LogP contribution in [0.5, 0.6) is 0 Å². The maximum absolute atomic E-state index is 13.1. The van der Waals surface area contributed by atoms with E-state index in [-0.39, 0.29) is 5.82 Å². The zero-order chi connectivity index (χ0) is 17.3. The lowest BCUT2D eigenvalue weighted by Crippen LogP contribution is -2.26. The van der Waals surface area contributed by atoms with Crippen LogP contribution in [0.25, 0.3) is 0 Å². The van der Waals surface area contributed by atoms with Gasteiger partial charge in [-0.2, -0.15) is 5.06 Å². The summed E-state index contributed by atoms with van der Waals surface area (Å²) < 4.78 is 13.1. The van der Waals surface area contributed by atoms with E-state index in [1.54, 1.807) is 12.1 Å². The Balaban J connectivity index is 1.62. The molecular formula is C22H22FNO. The summed E-state index contributed by atoms with van der Waals surface area (Å²) >= 11 is 0. The molecule has 25 heavy (non-hydrogen) atoms. The van der Waals surface area contributed by atoms with Crippen molar-refractivity contribution in [1.29, 1.82) is 0 Å². The molecule has 3 aromatic carbocycles. The fraction of sp³-hybridized carbons (Fsp3) is 0.182. The molecule has 0 atom stereocenters. The predicted octanol–water partition coefficient (Wildman–Crippen LogP) is 5.00. The minimum atomic E-state index is -0.218. The van der Waals surface area contributed by atoms with Gasteiger partial charge in [0, 0.05) is 13.1 Å². The fourth-order valence-corrected chi connectivity index (χ4v) is 2.62. The van der Waals surface area contributed by atoms with Gasteiger partial charge in [-0.25, -0.2) is 4.39 Å². The molecule has 0 amide bonds. The topological polar surface area (TPSA) is 12.5 Å². The van der Waals surface area contributed by atoms with Gasteiger partial charge in [-0.3, -0.25) is 4.84 Å². The van der Waals surface area contributed by atoms with Gasteiger partial charge in [0.2, 0.25) is 0 Å². The second-order valence-electron chi connectivity index (χ2n) is 5.98. The molecule has 2 nitrogen and oxygen atoms in total. The smallest absolute Gasteiger partial charge is 0.123 e. The van der Waals surface area contributed by atoms with E-state index in [1.165, 1.54) is 17.7 Å². The summed E-state index contributed by atoms with van der Waals surface area (Å²) in [5.74, 6) is -0.218. The van der Waals surface area contributed by atoms with E-state index >= 15 is 0 Å². The van der Waals surface area contributed by atoms with Crippen molar-refractivity contribution >= 4 is 0 Å². The Morgan fingerprint density at radius 1 is 0.680 bits per heavy atom. The monoisotopic (exact) mass is 335 g/mol. The Morgan fingerprint density at radius 2 is 1.28 bits per heavy atom. The van der Waals surface area contributed by atoms with Crippen LogP contribution in [0.3, 0.4) is 0 Å². The van der Waals surface area contributed by atoms with Gasteiger partial charge in [-0.1, -0.05) is 72.8 Å². The first-order valence-electron chi connectivity index (χ1n) is 8.50. The van der Waals surface area contributed by atoms with Crippen molar-refractivity contribution < 1.29 is 9.23 Å². The number of nitrogens with zero attached hydrogens (tertiary/aromatic N) is 1. The van der Waals surface area contributed by atoms with Gasteiger partial charge in [-0.05, 0) is 35.2 Å². The van der Waals surface area contributed by atoms with Crippen LogP contribution >= 0.6 is 0 Å². The molecule has 0 saturated heterocycles. The van der Waals surface area contributed by atoms with Crippen molar-refractivity contribution in [1.82, 2.24) is 5.06 Å². The minimum absolute atomic E-state index is 0.218. The zero-order valence-electron chi connectivity index (χ0n) is 14.1. The molecule has 0 aliphatic heterocycles. The van der Waals surface area contributed by atoms with Crippen LogP contribution in [0.1, 0.15) is 16.7 Å². The van der Waals surface area contributed by atoms with E-state index in [4.69, 9.17) is 4.84 Å². The summed E-state index contributed by atoms with van der Waals surface area (Å²) in [6.45, 7) is 1.92. The van der Waals surface area contributed by atoms with Crippen molar-refractivity contribution in [3.8, 4) is 0 Å². The Hall–Kier alpha value is -2.49. The first-order chi connectivity index (χ1) is 12.3. The molecular weight excluding hydrogens is 313 g/mol. The quantitative estimate of drug-likeness (QED) is 0.537. The first-order valence-corrected chi connectivity index (χ1v) is 8.50. The number of hydroxylamine groups is 2. The Kier molecular flexibility index (Phi) is 6.32. The van der Waals surface area contributed by atoms with Crippen molar-refractivity contribution in [2.24, 2.45) is 0 Å². The molecule has 0 spiro atoms. The second kappa shape index (κ2) is 9.11. The molecule has 3 heteroatoms. The van der Waals surface area contributed by atoms with Gasteiger partial charge in [0.05, 0.1) is 6.61 Å². The van der Waals surface area contributed by atoms with Gasteiger partial charge in [0.15, 0.2) is 0 Å². The second-order valence-corrected chi connectivity index (χ2v) is 5.98. The summed E-state index contributed by atoms with van der Waals surface area (Å²) in [6.07, 6.45) is 0.900. The van der Waals surface area contributed by atoms with Gasteiger partial charge >= 0.3 is 0 Å². The van der Waals surface area contributed by atoms with E-state index in [1.807, 2.05) is 53.6 Å². The lowest BCUT2D eigenvalue weighted by Gasteiger charge is -2.22. The van der Waals surface area contributed by atoms with E-state index in [0.29, 0.717) is 13.2 Å². The predicted molar refractivity (Wildman–Crippen MR) is 98.2 cm³/mol. The van der Waals surface area contributed by atoms with Crippen LogP contribution in [0.2, 0.25) is 0 Å². The molecule has 0 aliphatic carbocycles. The Labute approximate surface area is 148 Å². The van der Waals surface area contributed by atoms with E-state index in [2.05, 4.69) is 12.1 Å². The molecule has 0 aromatic heterocycles. The third kappa shape index (κ3) is 5.82.